The van der Waals surface area contributed by atoms with E-state index in [9.17, 15) is 16.5 Å². The van der Waals surface area contributed by atoms with Gasteiger partial charge < -0.3 is 0 Å². The van der Waals surface area contributed by atoms with Crippen LogP contribution in [0.4, 0.5) is 0 Å². The second kappa shape index (κ2) is 32.8. The van der Waals surface area contributed by atoms with Crippen molar-refractivity contribution in [3.05, 3.63) is 338 Å². The molecule has 0 saturated carbocycles. The molecule has 0 saturated heterocycles. The zero-order valence-electron chi connectivity index (χ0n) is 58.8. The molecule has 20 rings (SSSR count). The Kier molecular flexibility index (Phi) is 23.5. The van der Waals surface area contributed by atoms with Gasteiger partial charge in [0, 0.05) is 117 Å². The van der Waals surface area contributed by atoms with Crippen LogP contribution in [-0.4, -0.2) is 80.1 Å². The van der Waals surface area contributed by atoms with Gasteiger partial charge in [0.2, 0.25) is 9.84 Å². The molecule has 0 aliphatic carbocycles. The van der Waals surface area contributed by atoms with Gasteiger partial charge >= 0.3 is 314 Å². The third-order valence-electron chi connectivity index (χ3n) is 19.5. The molecule has 0 spiro atoms. The molecule has 0 fully saturated rings. The van der Waals surface area contributed by atoms with Crippen LogP contribution in [0, 0.1) is 58.9 Å². The molecule has 2 unspecified atom stereocenters. The number of aromatic nitrogens is 8. The minimum atomic E-state index is -3.44. The number of rotatable bonds is 8. The van der Waals surface area contributed by atoms with Crippen molar-refractivity contribution in [2.75, 3.05) is 0 Å². The average molecular weight is 1940 g/mol. The summed E-state index contributed by atoms with van der Waals surface area (Å²) in [5.74, 6) is 0. The Morgan fingerprint density at radius 3 is 1.39 bits per heavy atom. The van der Waals surface area contributed by atoms with Gasteiger partial charge in [-0.15, -0.1) is 12.1 Å². The minimum absolute atomic E-state index is 0. The van der Waals surface area contributed by atoms with Gasteiger partial charge in [0.1, 0.15) is 0 Å². The van der Waals surface area contributed by atoms with Crippen LogP contribution in [0.3, 0.4) is 0 Å². The summed E-state index contributed by atoms with van der Waals surface area (Å²) in [6.07, 6.45) is 5.66. The maximum atomic E-state index is 12.8. The van der Waals surface area contributed by atoms with Crippen molar-refractivity contribution >= 4 is 77.2 Å². The third kappa shape index (κ3) is 14.4. The Morgan fingerprint density at radius 2 is 0.798 bits per heavy atom. The monoisotopic (exact) mass is 1940 g/mol. The summed E-state index contributed by atoms with van der Waals surface area (Å²) in [5.41, 5.74) is 23.5. The van der Waals surface area contributed by atoms with E-state index in [4.69, 9.17) is 5.10 Å². The van der Waals surface area contributed by atoms with Gasteiger partial charge in [-0.2, -0.15) is 58.7 Å². The molecule has 3 aliphatic heterocycles. The molecule has 12 nitrogen and oxygen atoms in total. The zero-order chi connectivity index (χ0) is 71.6. The van der Waals surface area contributed by atoms with E-state index >= 15 is 0 Å². The van der Waals surface area contributed by atoms with Gasteiger partial charge in [-0.25, -0.2) is 12.6 Å². The molecule has 2 atom stereocenters. The SMILES string of the molecule is Cc1c(-c2ccc3[se]c4ccccc4c3c2)cnn1-c1[c-]cccc1.Cc1c(-c2ccc3c(c2)-c2ccccc2S3(=O)=O)cnn1-c1[c-]cccc1.Cc1c(-c2ccc3c(c2)-c2ccccc2S3=O)cnn1-c1[c-]cccc1.Cc1nn(-c2[c-]cccc2)c(C)c1-c1ccc2c(c1)-c1ccccc1[Se]2=O.[Rh].[Rh].[Rh].[Rh]. The van der Waals surface area contributed by atoms with Gasteiger partial charge in [-0.1, -0.05) is 48.5 Å². The minimum Gasteiger partial charge on any atom is 0 e. The van der Waals surface area contributed by atoms with Gasteiger partial charge in [-0.3, -0.25) is 9.36 Å². The fourth-order valence-electron chi connectivity index (χ4n) is 14.3. The first kappa shape index (κ1) is 78.0. The van der Waals surface area contributed by atoms with Crippen molar-refractivity contribution in [3.63, 3.8) is 0 Å². The Balaban J connectivity index is 0.000000126. The Hall–Kier alpha value is -9.09. The largest absolute Gasteiger partial charge is 0 e. The van der Waals surface area contributed by atoms with E-state index < -0.39 is 34.5 Å². The number of aryl methyl sites for hydroxylation is 1. The first-order valence-electron chi connectivity index (χ1n) is 34.1. The topological polar surface area (TPSA) is 140 Å². The molecular formula is C89H62N8O4Rh4S2Se2-4. The maximum Gasteiger partial charge on any atom is 0 e. The second-order valence-electron chi connectivity index (χ2n) is 25.6. The van der Waals surface area contributed by atoms with Crippen LogP contribution in [0.15, 0.2) is 305 Å². The van der Waals surface area contributed by atoms with E-state index in [1.54, 1.807) is 18.2 Å². The van der Waals surface area contributed by atoms with Crippen LogP contribution in [-0.2, 0) is 102 Å². The standard InChI is InChI=1S/C23H17N2OSe.C22H15N2O2S.C22H15N2OS.C22H15N2Se.4Rh/c1-15-23(16(2)25(24-15)18-8-4-3-5-9-18)17-12-13-22-20(14-17)19-10-6-7-11-21(19)27(22)26;1-15-20(14-23-24(15)17-7-3-2-4-8-17)16-11-12-22-19(13-16)18-9-5-6-10-21(18)27(22,25)26;1-15-20(14-23-24(15)17-7-3-2-4-8-17)16-11-12-22-19(13-16)18-9-5-6-10-21(18)26(22)25;1-15-20(14-23-24(15)17-7-3-2-4-8-17)16-11-12-22-19(13-16)18-9-5-6-10-21(18)25-22;;;;/h3-8,10-14H,1-2H3;2-7,9-14H,1H3;2-7,9-14H,1H3;2-7,9-14H,1H3;;;;/q4*-1;;;;. The summed E-state index contributed by atoms with van der Waals surface area (Å²) in [4.78, 5) is 2.53. The third-order valence-corrected chi connectivity index (χ3v) is 28.4. The van der Waals surface area contributed by atoms with Gasteiger partial charge in [0.15, 0.2) is 0 Å². The first-order valence-corrected chi connectivity index (χ1v) is 40.8. The van der Waals surface area contributed by atoms with E-state index in [-0.39, 0.29) is 77.9 Å². The van der Waals surface area contributed by atoms with Crippen LogP contribution >= 0.6 is 0 Å². The van der Waals surface area contributed by atoms with E-state index in [1.165, 1.54) is 30.4 Å². The van der Waals surface area contributed by atoms with Crippen LogP contribution in [0.5, 0.6) is 0 Å². The molecule has 17 aromatic rings. The van der Waals surface area contributed by atoms with E-state index in [0.29, 0.717) is 24.3 Å². The van der Waals surface area contributed by atoms with Crippen molar-refractivity contribution in [2.24, 2.45) is 0 Å². The molecule has 3 aliphatic rings. The number of hydrogen-bond donors (Lipinski definition) is 0. The maximum absolute atomic E-state index is 12.8. The molecule has 5 aromatic heterocycles. The molecule has 0 amide bonds. The van der Waals surface area contributed by atoms with Crippen molar-refractivity contribution in [1.29, 1.82) is 0 Å². The molecule has 20 heteroatoms. The number of sulfone groups is 1. The predicted molar refractivity (Wildman–Crippen MR) is 419 cm³/mol. The number of fused-ring (bicyclic) bond motifs is 12. The Morgan fingerprint density at radius 1 is 0.367 bits per heavy atom. The Bertz CT molecular complexity index is 6440. The van der Waals surface area contributed by atoms with Crippen LogP contribution in [0.1, 0.15) is 28.5 Å². The number of para-hydroxylation sites is 4. The molecule has 0 N–H and O–H groups in total. The van der Waals surface area contributed by atoms with Crippen molar-refractivity contribution < 1.29 is 94.4 Å². The fraction of sp³-hybridized carbons (Fsp3) is 0.0562. The van der Waals surface area contributed by atoms with Crippen LogP contribution < -0.4 is 8.92 Å². The molecule has 8 heterocycles. The van der Waals surface area contributed by atoms with Gasteiger partial charge in [0.25, 0.3) is 0 Å². The first-order chi connectivity index (χ1) is 51.3. The average Bonchev–Trinajstić information content (AvgIpc) is 1.59. The van der Waals surface area contributed by atoms with Crippen molar-refractivity contribution in [1.82, 2.24) is 39.1 Å². The molecular weight excluding hydrogens is 1880 g/mol. The van der Waals surface area contributed by atoms with E-state index in [2.05, 4.69) is 127 Å². The summed E-state index contributed by atoms with van der Waals surface area (Å²) in [6.45, 7) is 10.3. The second-order valence-corrected chi connectivity index (χ2v) is 34.1. The Labute approximate surface area is 696 Å². The van der Waals surface area contributed by atoms with Gasteiger partial charge in [0.05, 0.1) is 42.8 Å². The smallest absolute Gasteiger partial charge is 0 e. The summed E-state index contributed by atoms with van der Waals surface area (Å²) in [6, 6.07) is 101. The number of nitrogens with zero attached hydrogens (tertiary/aromatic N) is 8. The summed E-state index contributed by atoms with van der Waals surface area (Å²) < 4.78 is 63.6. The van der Waals surface area contributed by atoms with E-state index in [1.807, 2.05) is 233 Å². The zero-order valence-corrected chi connectivity index (χ0v) is 70.4. The van der Waals surface area contributed by atoms with Crippen molar-refractivity contribution in [2.45, 2.75) is 54.2 Å². The van der Waals surface area contributed by atoms with Crippen LogP contribution in [0.2, 0.25) is 0 Å². The summed E-state index contributed by atoms with van der Waals surface area (Å²) in [7, 11) is -4.53. The number of hydrogen-bond acceptors (Lipinski definition) is 8. The van der Waals surface area contributed by atoms with Gasteiger partial charge in [-0.05, 0) is 78.3 Å². The quantitative estimate of drug-likeness (QED) is 0.108. The molecule has 109 heavy (non-hydrogen) atoms. The number of benzene rings is 12. The summed E-state index contributed by atoms with van der Waals surface area (Å²) in [5, 5.41) is 21.1. The predicted octanol–water partition coefficient (Wildman–Crippen LogP) is 17.7. The summed E-state index contributed by atoms with van der Waals surface area (Å²) >= 11 is -1.73. The fourth-order valence-corrected chi connectivity index (χ4v) is 22.5. The molecule has 12 aromatic carbocycles. The van der Waals surface area contributed by atoms with E-state index in [0.717, 1.165) is 137 Å². The molecule has 0 bridgehead atoms. The van der Waals surface area contributed by atoms with Crippen LogP contribution in [0.25, 0.3) is 120 Å². The molecule has 546 valence electrons. The normalized spacial score (nSPS) is 13.3. The molecule has 4 radical (unpaired) electrons. The van der Waals surface area contributed by atoms with Crippen molar-refractivity contribution in [3.8, 4) is 101 Å².